The molecule has 2 heterocycles. The van der Waals surface area contributed by atoms with Crippen molar-refractivity contribution in [1.82, 2.24) is 19.5 Å². The molecule has 0 bridgehead atoms. The Morgan fingerprint density at radius 3 is 2.70 bits per heavy atom. The molecule has 6 nitrogen and oxygen atoms in total. The molecule has 3 rings (SSSR count). The summed E-state index contributed by atoms with van der Waals surface area (Å²) in [6.45, 7) is 0.592. The Balaban J connectivity index is 1.97. The van der Waals surface area contributed by atoms with Gasteiger partial charge in [0.2, 0.25) is 5.95 Å². The molecule has 1 aromatic carbocycles. The van der Waals surface area contributed by atoms with Gasteiger partial charge in [0.25, 0.3) is 0 Å². The number of halogens is 1. The van der Waals surface area contributed by atoms with E-state index in [0.717, 1.165) is 11.0 Å². The quantitative estimate of drug-likeness (QED) is 0.526. The van der Waals surface area contributed by atoms with Crippen molar-refractivity contribution in [3.63, 3.8) is 0 Å². The summed E-state index contributed by atoms with van der Waals surface area (Å²) >= 11 is 5.98. The fourth-order valence-electron chi connectivity index (χ4n) is 1.99. The van der Waals surface area contributed by atoms with Crippen LogP contribution in [0.25, 0.3) is 11.2 Å². The minimum Gasteiger partial charge on any atom is -0.449 e. The predicted molar refractivity (Wildman–Crippen MR) is 79.3 cm³/mol. The fourth-order valence-corrected chi connectivity index (χ4v) is 2.21. The maximum absolute atomic E-state index is 9.03. The molecule has 3 N–H and O–H groups in total. The molecule has 0 aliphatic heterocycles. The lowest BCUT2D eigenvalue weighted by molar-refractivity contribution is 0.615. The van der Waals surface area contributed by atoms with E-state index in [4.69, 9.17) is 22.4 Å². The minimum atomic E-state index is 0.0354. The number of nitrogen functional groups attached to an aromatic ring is 1. The molecule has 0 saturated heterocycles. The number of anilines is 1. The number of hydrogen-bond acceptors (Lipinski definition) is 5. The number of rotatable bonds is 3. The smallest absolute Gasteiger partial charge is 0.304 e. The van der Waals surface area contributed by atoms with Crippen LogP contribution in [0.4, 0.5) is 5.95 Å². The number of hydrogen-bond donors (Lipinski definition) is 2. The van der Waals surface area contributed by atoms with E-state index in [0.29, 0.717) is 17.7 Å². The average molecular weight is 288 g/mol. The number of nitrogens with zero attached hydrogens (tertiary/aromatic N) is 4. The summed E-state index contributed by atoms with van der Waals surface area (Å²) < 4.78 is 1.85. The van der Waals surface area contributed by atoms with Gasteiger partial charge in [-0.15, -0.1) is 0 Å². The van der Waals surface area contributed by atoms with Crippen LogP contribution in [-0.2, 0) is 6.54 Å². The molecule has 100 valence electrons. The molecular weight excluding hydrogens is 276 g/mol. The van der Waals surface area contributed by atoms with Gasteiger partial charge in [-0.2, -0.15) is 9.97 Å². The van der Waals surface area contributed by atoms with Crippen LogP contribution in [0, 0.1) is 0 Å². The first kappa shape index (κ1) is 12.9. The molecule has 20 heavy (non-hydrogen) atoms. The van der Waals surface area contributed by atoms with E-state index in [-0.39, 0.29) is 18.6 Å². The highest BCUT2D eigenvalue weighted by Gasteiger charge is 2.10. The zero-order chi connectivity index (χ0) is 14.1. The van der Waals surface area contributed by atoms with Gasteiger partial charge in [0.05, 0.1) is 12.9 Å². The van der Waals surface area contributed by atoms with Gasteiger partial charge in [0.15, 0.2) is 10.8 Å². The van der Waals surface area contributed by atoms with Crippen LogP contribution in [0.5, 0.6) is 0 Å². The van der Waals surface area contributed by atoms with Gasteiger partial charge in [-0.05, 0) is 5.56 Å². The van der Waals surface area contributed by atoms with Crippen LogP contribution in [0.1, 0.15) is 5.56 Å². The number of nitrogens with two attached hydrogens (primary N) is 1. The van der Waals surface area contributed by atoms with Gasteiger partial charge in [-0.1, -0.05) is 41.3 Å². The lowest BCUT2D eigenvalue weighted by Crippen LogP contribution is -2.13. The Morgan fingerprint density at radius 1 is 1.25 bits per heavy atom. The largest absolute Gasteiger partial charge is 0.449 e. The van der Waals surface area contributed by atoms with Crippen molar-refractivity contribution < 1.29 is 5.02 Å². The van der Waals surface area contributed by atoms with Gasteiger partial charge < -0.3 is 15.3 Å². The third-order valence-corrected chi connectivity index (χ3v) is 3.26. The summed E-state index contributed by atoms with van der Waals surface area (Å²) in [4.78, 5) is 12.2. The number of benzene rings is 1. The number of imidazole rings is 1. The first-order valence-corrected chi connectivity index (χ1v) is 6.37. The number of fused-ring (bicyclic) bond motifs is 1. The van der Waals surface area contributed by atoms with E-state index in [2.05, 4.69) is 15.0 Å². The van der Waals surface area contributed by atoms with Gasteiger partial charge in [-0.3, -0.25) is 0 Å². The van der Waals surface area contributed by atoms with E-state index in [1.807, 2.05) is 28.8 Å². The van der Waals surface area contributed by atoms with Crippen molar-refractivity contribution >= 4 is 41.7 Å². The SMILES string of the molecule is Nc1nc(Cl)c2ncn(Cc3ccc(BO)cc3)c2n1. The van der Waals surface area contributed by atoms with E-state index >= 15 is 0 Å². The Bertz CT molecular complexity index is 758. The molecule has 0 amide bonds. The molecule has 0 unspecified atom stereocenters. The van der Waals surface area contributed by atoms with Crippen molar-refractivity contribution in [3.8, 4) is 0 Å². The summed E-state index contributed by atoms with van der Waals surface area (Å²) in [5.41, 5.74) is 8.69. The summed E-state index contributed by atoms with van der Waals surface area (Å²) in [6, 6.07) is 7.66. The normalized spacial score (nSPS) is 10.9. The highest BCUT2D eigenvalue weighted by molar-refractivity contribution is 6.45. The Kier molecular flexibility index (Phi) is 3.29. The molecule has 0 spiro atoms. The monoisotopic (exact) mass is 287 g/mol. The Labute approximate surface area is 120 Å². The summed E-state index contributed by atoms with van der Waals surface area (Å²) in [6.07, 6.45) is 1.66. The molecule has 3 aromatic rings. The molecule has 0 aliphatic rings. The van der Waals surface area contributed by atoms with Gasteiger partial charge in [0, 0.05) is 0 Å². The van der Waals surface area contributed by atoms with Crippen LogP contribution in [0.3, 0.4) is 0 Å². The lowest BCUT2D eigenvalue weighted by atomic mass is 9.88. The first-order chi connectivity index (χ1) is 9.67. The molecule has 2 aromatic heterocycles. The van der Waals surface area contributed by atoms with Crippen LogP contribution < -0.4 is 11.2 Å². The molecule has 8 heteroatoms. The molecular formula is C12H11BClN5O. The highest BCUT2D eigenvalue weighted by Crippen LogP contribution is 2.20. The van der Waals surface area contributed by atoms with E-state index in [1.54, 1.807) is 6.33 Å². The Hall–Kier alpha value is -2.12. The van der Waals surface area contributed by atoms with Crippen LogP contribution in [0.15, 0.2) is 30.6 Å². The van der Waals surface area contributed by atoms with Crippen molar-refractivity contribution in [2.75, 3.05) is 5.73 Å². The van der Waals surface area contributed by atoms with Crippen LogP contribution in [0.2, 0.25) is 5.15 Å². The van der Waals surface area contributed by atoms with E-state index in [1.165, 1.54) is 0 Å². The minimum absolute atomic E-state index is 0.0354. The van der Waals surface area contributed by atoms with Crippen molar-refractivity contribution in [1.29, 1.82) is 0 Å². The van der Waals surface area contributed by atoms with Crippen molar-refractivity contribution in [2.45, 2.75) is 6.54 Å². The predicted octanol–water partition coefficient (Wildman–Crippen LogP) is 0.0793. The zero-order valence-corrected chi connectivity index (χ0v) is 11.2. The Morgan fingerprint density at radius 2 is 2.00 bits per heavy atom. The van der Waals surface area contributed by atoms with Crippen molar-refractivity contribution in [3.05, 3.63) is 41.3 Å². The maximum Gasteiger partial charge on any atom is 0.304 e. The van der Waals surface area contributed by atoms with Crippen LogP contribution in [-0.4, -0.2) is 32.0 Å². The van der Waals surface area contributed by atoms with Gasteiger partial charge >= 0.3 is 7.48 Å². The summed E-state index contributed by atoms with van der Waals surface area (Å²) in [5, 5.41) is 9.28. The second-order valence-electron chi connectivity index (χ2n) is 4.39. The third kappa shape index (κ3) is 2.33. The fraction of sp³-hybridized carbons (Fsp3) is 0.0833. The molecule has 0 fully saturated rings. The zero-order valence-electron chi connectivity index (χ0n) is 10.5. The third-order valence-electron chi connectivity index (χ3n) is 3.00. The molecule has 0 atom stereocenters. The van der Waals surface area contributed by atoms with E-state index in [9.17, 15) is 0 Å². The first-order valence-electron chi connectivity index (χ1n) is 6.00. The van der Waals surface area contributed by atoms with Gasteiger partial charge in [0.1, 0.15) is 5.52 Å². The lowest BCUT2D eigenvalue weighted by Gasteiger charge is -2.05. The number of aromatic nitrogens is 4. The topological polar surface area (TPSA) is 89.8 Å². The van der Waals surface area contributed by atoms with Crippen LogP contribution >= 0.6 is 11.6 Å². The summed E-state index contributed by atoms with van der Waals surface area (Å²) in [5.74, 6) is 0.125. The highest BCUT2D eigenvalue weighted by atomic mass is 35.5. The molecule has 0 saturated carbocycles. The standard InChI is InChI=1S/C12H11BClN5O/c14-10-9-11(18-12(15)17-10)19(6-16-9)5-7-1-3-8(13-20)4-2-7/h1-4,6,13,20H,5H2,(H2,15,17,18). The summed E-state index contributed by atoms with van der Waals surface area (Å²) in [7, 11) is 0.0354. The second kappa shape index (κ2) is 5.11. The average Bonchev–Trinajstić information content (AvgIpc) is 2.83. The molecule has 0 radical (unpaired) electrons. The maximum atomic E-state index is 9.03. The van der Waals surface area contributed by atoms with Gasteiger partial charge in [-0.25, -0.2) is 4.98 Å². The second-order valence-corrected chi connectivity index (χ2v) is 4.75. The van der Waals surface area contributed by atoms with Crippen molar-refractivity contribution in [2.24, 2.45) is 0 Å². The molecule has 0 aliphatic carbocycles. The van der Waals surface area contributed by atoms with E-state index < -0.39 is 0 Å².